The summed E-state index contributed by atoms with van der Waals surface area (Å²) in [5, 5.41) is 7.58. The van der Waals surface area contributed by atoms with Crippen LogP contribution in [0.4, 0.5) is 13.6 Å². The molecule has 0 bridgehead atoms. The fourth-order valence-electron chi connectivity index (χ4n) is 3.52. The van der Waals surface area contributed by atoms with E-state index in [1.807, 2.05) is 6.92 Å². The van der Waals surface area contributed by atoms with Crippen LogP contribution in [0.1, 0.15) is 39.7 Å². The molecule has 0 radical (unpaired) electrons. The van der Waals surface area contributed by atoms with Gasteiger partial charge in [-0.05, 0) is 43.1 Å². The minimum absolute atomic E-state index is 0.00462. The van der Waals surface area contributed by atoms with E-state index in [1.165, 1.54) is 30.2 Å². The van der Waals surface area contributed by atoms with Gasteiger partial charge in [-0.2, -0.15) is 0 Å². The number of hydrogen-bond acceptors (Lipinski definition) is 6. The summed E-state index contributed by atoms with van der Waals surface area (Å²) in [5.74, 6) is -3.12. The molecule has 1 aliphatic carbocycles. The van der Waals surface area contributed by atoms with Crippen molar-refractivity contribution in [3.63, 3.8) is 0 Å². The van der Waals surface area contributed by atoms with Crippen LogP contribution in [0.5, 0.6) is 0 Å². The summed E-state index contributed by atoms with van der Waals surface area (Å²) in [6.45, 7) is 6.53. The number of carbonyl (C=O) groups is 3. The van der Waals surface area contributed by atoms with Gasteiger partial charge in [0.15, 0.2) is 11.7 Å². The summed E-state index contributed by atoms with van der Waals surface area (Å²) in [6, 6.07) is 2.30. The predicted octanol–water partition coefficient (Wildman–Crippen LogP) is 3.34. The zero-order chi connectivity index (χ0) is 29.1. The highest BCUT2D eigenvalue weighted by Crippen LogP contribution is 2.23. The third-order valence-electron chi connectivity index (χ3n) is 6.07. The number of allylic oxidation sites excluding steroid dienone is 5. The number of nitrogens with one attached hydrogen (secondary N) is 4. The molecule has 0 fully saturated rings. The van der Waals surface area contributed by atoms with Crippen molar-refractivity contribution in [2.75, 3.05) is 13.6 Å². The summed E-state index contributed by atoms with van der Waals surface area (Å²) in [4.78, 5) is 56.8. The first kappa shape index (κ1) is 30.9. The summed E-state index contributed by atoms with van der Waals surface area (Å²) >= 11 is 0. The molecule has 1 aliphatic rings. The van der Waals surface area contributed by atoms with E-state index in [0.717, 1.165) is 6.08 Å². The number of nitrogens with zero attached hydrogens (tertiary/aromatic N) is 2. The zero-order valence-electron chi connectivity index (χ0n) is 22.6. The van der Waals surface area contributed by atoms with Gasteiger partial charge < -0.3 is 15.2 Å². The molecule has 2 rings (SSSR count). The van der Waals surface area contributed by atoms with Crippen LogP contribution in [-0.2, 0) is 16.1 Å². The maximum absolute atomic E-state index is 14.4. The van der Waals surface area contributed by atoms with E-state index in [4.69, 9.17) is 0 Å². The van der Waals surface area contributed by atoms with Gasteiger partial charge in [0.2, 0.25) is 18.2 Å². The number of ketones is 1. The molecule has 0 saturated heterocycles. The SMILES string of the molecule is CNC1=CC(=O)C(N=C(NC=O)NC(=O)N(CC/C=C(F)\C(F)=C(/C)C(C)C)Cc2ccc[nH]c2=O)=CC1C. The number of aliphatic imine (C=N–C) groups is 1. The van der Waals surface area contributed by atoms with Crippen molar-refractivity contribution < 1.29 is 23.2 Å². The van der Waals surface area contributed by atoms with Gasteiger partial charge in [-0.1, -0.05) is 26.8 Å². The van der Waals surface area contributed by atoms with E-state index in [9.17, 15) is 28.0 Å². The Morgan fingerprint density at radius 1 is 1.28 bits per heavy atom. The third-order valence-corrected chi connectivity index (χ3v) is 6.07. The lowest BCUT2D eigenvalue weighted by atomic mass is 9.98. The van der Waals surface area contributed by atoms with Gasteiger partial charge in [0, 0.05) is 43.0 Å². The van der Waals surface area contributed by atoms with Crippen LogP contribution in [0.25, 0.3) is 0 Å². The van der Waals surface area contributed by atoms with E-state index >= 15 is 0 Å². The lowest BCUT2D eigenvalue weighted by Crippen LogP contribution is -2.48. The molecule has 1 heterocycles. The van der Waals surface area contributed by atoms with Gasteiger partial charge in [0.05, 0.1) is 6.54 Å². The molecule has 4 N–H and O–H groups in total. The number of rotatable bonds is 10. The number of H-pyrrole nitrogens is 1. The fraction of sp³-hybridized carbons (Fsp3) is 0.370. The Labute approximate surface area is 225 Å². The van der Waals surface area contributed by atoms with Gasteiger partial charge >= 0.3 is 6.03 Å². The zero-order valence-corrected chi connectivity index (χ0v) is 22.6. The maximum atomic E-state index is 14.4. The van der Waals surface area contributed by atoms with Gasteiger partial charge in [0.25, 0.3) is 5.56 Å². The summed E-state index contributed by atoms with van der Waals surface area (Å²) in [5.41, 5.74) is 0.752. The van der Waals surface area contributed by atoms with Crippen molar-refractivity contribution in [2.45, 2.75) is 40.7 Å². The topological polar surface area (TPSA) is 136 Å². The third kappa shape index (κ3) is 8.87. The van der Waals surface area contributed by atoms with Crippen LogP contribution >= 0.6 is 0 Å². The first-order valence-electron chi connectivity index (χ1n) is 12.4. The summed E-state index contributed by atoms with van der Waals surface area (Å²) in [7, 11) is 1.68. The number of guanidine groups is 1. The molecular weight excluding hydrogens is 510 g/mol. The first-order valence-corrected chi connectivity index (χ1v) is 12.4. The molecule has 1 aromatic heterocycles. The summed E-state index contributed by atoms with van der Waals surface area (Å²) in [6.07, 6.45) is 5.60. The molecule has 0 aromatic carbocycles. The molecule has 0 saturated carbocycles. The van der Waals surface area contributed by atoms with Gasteiger partial charge in [-0.3, -0.25) is 25.0 Å². The molecule has 3 amide bonds. The van der Waals surface area contributed by atoms with E-state index in [1.54, 1.807) is 33.0 Å². The number of urea groups is 1. The van der Waals surface area contributed by atoms with Crippen molar-refractivity contribution in [1.29, 1.82) is 0 Å². The van der Waals surface area contributed by atoms with Crippen molar-refractivity contribution in [3.8, 4) is 0 Å². The van der Waals surface area contributed by atoms with E-state index in [2.05, 4.69) is 25.9 Å². The number of halogens is 2. The minimum Gasteiger partial charge on any atom is -0.391 e. The van der Waals surface area contributed by atoms with Crippen LogP contribution in [0, 0.1) is 11.8 Å². The number of amides is 3. The molecule has 10 nitrogen and oxygen atoms in total. The molecule has 0 spiro atoms. The largest absolute Gasteiger partial charge is 0.391 e. The highest BCUT2D eigenvalue weighted by Gasteiger charge is 2.21. The highest BCUT2D eigenvalue weighted by atomic mass is 19.2. The second-order valence-corrected chi connectivity index (χ2v) is 9.15. The lowest BCUT2D eigenvalue weighted by molar-refractivity contribution is -0.111. The lowest BCUT2D eigenvalue weighted by Gasteiger charge is -2.23. The molecule has 39 heavy (non-hydrogen) atoms. The minimum atomic E-state index is -1.05. The molecule has 210 valence electrons. The van der Waals surface area contributed by atoms with Crippen molar-refractivity contribution >= 4 is 24.2 Å². The Bertz CT molecular complexity index is 1290. The highest BCUT2D eigenvalue weighted by molar-refractivity contribution is 6.08. The number of hydrogen-bond donors (Lipinski definition) is 4. The number of carbonyl (C=O) groups excluding carboxylic acids is 3. The molecular formula is C27H34F2N6O4. The van der Waals surface area contributed by atoms with Gasteiger partial charge in [-0.15, -0.1) is 0 Å². The van der Waals surface area contributed by atoms with Gasteiger partial charge in [-0.25, -0.2) is 18.6 Å². The van der Waals surface area contributed by atoms with E-state index < -0.39 is 29.0 Å². The predicted molar refractivity (Wildman–Crippen MR) is 144 cm³/mol. The van der Waals surface area contributed by atoms with Crippen LogP contribution in [0.2, 0.25) is 0 Å². The van der Waals surface area contributed by atoms with Crippen molar-refractivity contribution in [3.05, 3.63) is 81.1 Å². The Morgan fingerprint density at radius 3 is 2.62 bits per heavy atom. The Balaban J connectivity index is 2.30. The quantitative estimate of drug-likeness (QED) is 0.155. The molecule has 12 heteroatoms. The van der Waals surface area contributed by atoms with E-state index in [-0.39, 0.29) is 60.5 Å². The van der Waals surface area contributed by atoms with Crippen LogP contribution < -0.4 is 21.5 Å². The van der Waals surface area contributed by atoms with Crippen LogP contribution in [0.3, 0.4) is 0 Å². The normalized spacial score (nSPS) is 16.7. The smallest absolute Gasteiger partial charge is 0.324 e. The number of aromatic amines is 1. The monoisotopic (exact) mass is 544 g/mol. The van der Waals surface area contributed by atoms with Crippen molar-refractivity contribution in [1.82, 2.24) is 25.8 Å². The Kier molecular flexibility index (Phi) is 11.5. The molecule has 0 aliphatic heterocycles. The molecule has 1 atom stereocenters. The molecule has 1 aromatic rings. The first-order chi connectivity index (χ1) is 18.5. The second kappa shape index (κ2) is 14.6. The fourth-order valence-corrected chi connectivity index (χ4v) is 3.52. The maximum Gasteiger partial charge on any atom is 0.324 e. The average molecular weight is 545 g/mol. The van der Waals surface area contributed by atoms with Gasteiger partial charge in [0.1, 0.15) is 5.70 Å². The summed E-state index contributed by atoms with van der Waals surface area (Å²) < 4.78 is 28.7. The Morgan fingerprint density at radius 2 is 2.00 bits per heavy atom. The number of pyridine rings is 1. The van der Waals surface area contributed by atoms with Crippen LogP contribution in [-0.4, -0.2) is 47.7 Å². The second-order valence-electron chi connectivity index (χ2n) is 9.15. The number of aromatic nitrogens is 1. The molecule has 1 unspecified atom stereocenters. The standard InChI is InChI=1S/C27H34F2N6O4/c1-16(2)18(4)24(29)20(28)9-7-11-35(14-19-8-6-10-31-25(19)38)27(39)34-26(32-15-36)33-22-12-17(3)21(30-5)13-23(22)37/h6,8-10,12-13,15-17,30H,7,11,14H2,1-5H3,(H,31,38)(H2,32,33,34,36,39)/b20-9+,24-18-. The average Bonchev–Trinajstić information content (AvgIpc) is 2.89. The van der Waals surface area contributed by atoms with Crippen molar-refractivity contribution in [2.24, 2.45) is 16.8 Å². The van der Waals surface area contributed by atoms with Crippen LogP contribution in [0.15, 0.2) is 75.0 Å². The van der Waals surface area contributed by atoms with E-state index in [0.29, 0.717) is 5.70 Å². The Hall–Kier alpha value is -4.35.